The van der Waals surface area contributed by atoms with Gasteiger partial charge in [-0.25, -0.2) is 9.78 Å². The van der Waals surface area contributed by atoms with Crippen LogP contribution in [0.15, 0.2) is 12.1 Å². The summed E-state index contributed by atoms with van der Waals surface area (Å²) in [6.07, 6.45) is 0. The van der Waals surface area contributed by atoms with E-state index in [4.69, 9.17) is 11.6 Å². The lowest BCUT2D eigenvalue weighted by molar-refractivity contribution is -0.385. The Morgan fingerprint density at radius 2 is 2.29 bits per heavy atom. The fraction of sp³-hybridized carbons (Fsp3) is 0.143. The quantitative estimate of drug-likeness (QED) is 0.429. The number of rotatable bonds is 2. The molecule has 0 fully saturated rings. The lowest BCUT2D eigenvalue weighted by atomic mass is 10.3. The van der Waals surface area contributed by atoms with Crippen molar-refractivity contribution in [2.75, 3.05) is 0 Å². The predicted octanol–water partition coefficient (Wildman–Crippen LogP) is 2.04. The standard InChI is InChI=1S/C7H5ClN2O4/c1-4-5(10(12)13)2-3-6(9-4)14-7(8)11/h2-3H,1H3. The maximum atomic E-state index is 10.4. The second-order valence-corrected chi connectivity index (χ2v) is 2.66. The third-order valence-corrected chi connectivity index (χ3v) is 1.49. The Balaban J connectivity index is 3.00. The van der Waals surface area contributed by atoms with Gasteiger partial charge in [0.2, 0.25) is 5.88 Å². The summed E-state index contributed by atoms with van der Waals surface area (Å²) in [4.78, 5) is 23.8. The van der Waals surface area contributed by atoms with Gasteiger partial charge in [0.25, 0.3) is 5.69 Å². The summed E-state index contributed by atoms with van der Waals surface area (Å²) in [7, 11) is 0. The molecule has 0 saturated carbocycles. The molecule has 14 heavy (non-hydrogen) atoms. The summed E-state index contributed by atoms with van der Waals surface area (Å²) in [5, 5.41) is 10.4. The number of nitro groups is 1. The van der Waals surface area contributed by atoms with Crippen LogP contribution in [0.5, 0.6) is 5.88 Å². The van der Waals surface area contributed by atoms with E-state index in [0.717, 1.165) is 0 Å². The van der Waals surface area contributed by atoms with E-state index in [1.807, 2.05) is 0 Å². The number of hydrogen-bond acceptors (Lipinski definition) is 5. The highest BCUT2D eigenvalue weighted by molar-refractivity contribution is 6.61. The molecule has 0 aliphatic rings. The molecule has 0 spiro atoms. The van der Waals surface area contributed by atoms with Crippen LogP contribution in [-0.4, -0.2) is 15.3 Å². The first kappa shape index (κ1) is 10.4. The van der Waals surface area contributed by atoms with Gasteiger partial charge in [-0.2, -0.15) is 0 Å². The van der Waals surface area contributed by atoms with E-state index < -0.39 is 10.4 Å². The molecule has 1 aromatic heterocycles. The van der Waals surface area contributed by atoms with E-state index in [9.17, 15) is 14.9 Å². The van der Waals surface area contributed by atoms with Crippen molar-refractivity contribution in [3.8, 4) is 5.88 Å². The van der Waals surface area contributed by atoms with E-state index in [2.05, 4.69) is 9.72 Å². The average molecular weight is 217 g/mol. The summed E-state index contributed by atoms with van der Waals surface area (Å²) in [5.41, 5.74) is -1.02. The van der Waals surface area contributed by atoms with E-state index in [1.165, 1.54) is 19.1 Å². The minimum Gasteiger partial charge on any atom is -0.395 e. The molecule has 74 valence electrons. The zero-order chi connectivity index (χ0) is 10.7. The van der Waals surface area contributed by atoms with Crippen LogP contribution in [0.4, 0.5) is 10.5 Å². The van der Waals surface area contributed by atoms with Gasteiger partial charge in [0.05, 0.1) is 4.92 Å². The first-order chi connectivity index (χ1) is 6.50. The molecule has 1 heterocycles. The van der Waals surface area contributed by atoms with Gasteiger partial charge in [-0.1, -0.05) is 0 Å². The molecule has 7 heteroatoms. The summed E-state index contributed by atoms with van der Waals surface area (Å²) in [6, 6.07) is 2.39. The second-order valence-electron chi connectivity index (χ2n) is 2.35. The summed E-state index contributed by atoms with van der Waals surface area (Å²) < 4.78 is 4.42. The molecule has 0 saturated heterocycles. The minimum atomic E-state index is -1.04. The van der Waals surface area contributed by atoms with E-state index >= 15 is 0 Å². The Kier molecular flexibility index (Phi) is 2.98. The average Bonchev–Trinajstić information content (AvgIpc) is 2.01. The number of nitrogens with zero attached hydrogens (tertiary/aromatic N) is 2. The third-order valence-electron chi connectivity index (χ3n) is 1.41. The number of aryl methyl sites for hydroxylation is 1. The van der Waals surface area contributed by atoms with Crippen LogP contribution in [0.25, 0.3) is 0 Å². The van der Waals surface area contributed by atoms with Crippen molar-refractivity contribution in [2.45, 2.75) is 6.92 Å². The Morgan fingerprint density at radius 1 is 1.64 bits per heavy atom. The molecule has 1 aromatic rings. The molecule has 0 radical (unpaired) electrons. The molecule has 0 aliphatic heterocycles. The van der Waals surface area contributed by atoms with Crippen LogP contribution in [0.3, 0.4) is 0 Å². The fourth-order valence-electron chi connectivity index (χ4n) is 0.863. The van der Waals surface area contributed by atoms with Crippen molar-refractivity contribution in [3.05, 3.63) is 27.9 Å². The zero-order valence-electron chi connectivity index (χ0n) is 7.06. The van der Waals surface area contributed by atoms with Crippen LogP contribution in [0.1, 0.15) is 5.69 Å². The topological polar surface area (TPSA) is 82.3 Å². The van der Waals surface area contributed by atoms with Crippen LogP contribution >= 0.6 is 11.6 Å². The number of hydrogen-bond donors (Lipinski definition) is 0. The number of carbonyl (C=O) groups is 1. The van der Waals surface area contributed by atoms with Gasteiger partial charge in [0.1, 0.15) is 5.69 Å². The van der Waals surface area contributed by atoms with Gasteiger partial charge in [0, 0.05) is 23.7 Å². The molecule has 0 aliphatic carbocycles. The largest absolute Gasteiger partial charge is 0.410 e. The van der Waals surface area contributed by atoms with Crippen LogP contribution in [0.2, 0.25) is 0 Å². The lowest BCUT2D eigenvalue weighted by Crippen LogP contribution is -2.01. The van der Waals surface area contributed by atoms with E-state index in [1.54, 1.807) is 0 Å². The Labute approximate surface area is 83.6 Å². The molecule has 0 bridgehead atoms. The van der Waals surface area contributed by atoms with E-state index in [-0.39, 0.29) is 17.3 Å². The number of halogens is 1. The molecule has 0 amide bonds. The smallest absolute Gasteiger partial charge is 0.395 e. The van der Waals surface area contributed by atoms with Gasteiger partial charge >= 0.3 is 5.43 Å². The maximum absolute atomic E-state index is 10.4. The van der Waals surface area contributed by atoms with Crippen LogP contribution in [0, 0.1) is 17.0 Å². The number of pyridine rings is 1. The number of carbonyl (C=O) groups excluding carboxylic acids is 1. The molecule has 0 atom stereocenters. The maximum Gasteiger partial charge on any atom is 0.410 e. The first-order valence-corrected chi connectivity index (χ1v) is 3.88. The molecule has 0 N–H and O–H groups in total. The SMILES string of the molecule is Cc1nc(OC(=O)Cl)ccc1[N+](=O)[O-]. The van der Waals surface area contributed by atoms with Gasteiger partial charge < -0.3 is 4.74 Å². The molecular weight excluding hydrogens is 212 g/mol. The molecular formula is C7H5ClN2O4. The van der Waals surface area contributed by atoms with Crippen molar-refractivity contribution in [1.82, 2.24) is 4.98 Å². The first-order valence-electron chi connectivity index (χ1n) is 3.50. The summed E-state index contributed by atoms with van der Waals surface area (Å²) in [5.74, 6) is -0.0619. The van der Waals surface area contributed by atoms with Gasteiger partial charge in [-0.15, -0.1) is 0 Å². The monoisotopic (exact) mass is 216 g/mol. The van der Waals surface area contributed by atoms with Gasteiger partial charge in [-0.05, 0) is 6.92 Å². The summed E-state index contributed by atoms with van der Waals surface area (Å²) >= 11 is 4.93. The lowest BCUT2D eigenvalue weighted by Gasteiger charge is -1.99. The number of aromatic nitrogens is 1. The Morgan fingerprint density at radius 3 is 2.71 bits per heavy atom. The van der Waals surface area contributed by atoms with Crippen LogP contribution in [-0.2, 0) is 0 Å². The highest BCUT2D eigenvalue weighted by Crippen LogP contribution is 2.19. The minimum absolute atomic E-state index is 0.0619. The molecule has 6 nitrogen and oxygen atoms in total. The Hall–Kier alpha value is -1.69. The van der Waals surface area contributed by atoms with Gasteiger partial charge in [-0.3, -0.25) is 10.1 Å². The van der Waals surface area contributed by atoms with Gasteiger partial charge in [0.15, 0.2) is 0 Å². The highest BCUT2D eigenvalue weighted by atomic mass is 35.5. The highest BCUT2D eigenvalue weighted by Gasteiger charge is 2.13. The summed E-state index contributed by atoms with van der Waals surface area (Å²) in [6.45, 7) is 1.43. The number of ether oxygens (including phenoxy) is 1. The van der Waals surface area contributed by atoms with Crippen molar-refractivity contribution >= 4 is 22.7 Å². The van der Waals surface area contributed by atoms with Crippen molar-refractivity contribution in [3.63, 3.8) is 0 Å². The third kappa shape index (κ3) is 2.40. The van der Waals surface area contributed by atoms with Crippen molar-refractivity contribution in [2.24, 2.45) is 0 Å². The van der Waals surface area contributed by atoms with Crippen LogP contribution < -0.4 is 4.74 Å². The second kappa shape index (κ2) is 4.01. The van der Waals surface area contributed by atoms with Crippen molar-refractivity contribution in [1.29, 1.82) is 0 Å². The fourth-order valence-corrected chi connectivity index (χ4v) is 0.942. The normalized spacial score (nSPS) is 9.57. The molecule has 0 aromatic carbocycles. The molecule has 1 rings (SSSR count). The molecule has 0 unspecified atom stereocenters. The van der Waals surface area contributed by atoms with Crippen molar-refractivity contribution < 1.29 is 14.5 Å². The zero-order valence-corrected chi connectivity index (χ0v) is 7.82. The Bertz CT molecular complexity index is 393. The predicted molar refractivity (Wildman–Crippen MR) is 47.5 cm³/mol. The van der Waals surface area contributed by atoms with E-state index in [0.29, 0.717) is 0 Å².